The normalized spacial score (nSPS) is 16.1. The van der Waals surface area contributed by atoms with Gasteiger partial charge in [0, 0.05) is 35.7 Å². The average Bonchev–Trinajstić information content (AvgIpc) is 2.65. The van der Waals surface area contributed by atoms with Gasteiger partial charge in [0.15, 0.2) is 5.78 Å². The van der Waals surface area contributed by atoms with Crippen molar-refractivity contribution in [2.24, 2.45) is 0 Å². The van der Waals surface area contributed by atoms with Gasteiger partial charge in [0.25, 0.3) is 0 Å². The highest BCUT2D eigenvalue weighted by molar-refractivity contribution is 7.99. The van der Waals surface area contributed by atoms with E-state index in [2.05, 4.69) is 18.7 Å². The van der Waals surface area contributed by atoms with Crippen molar-refractivity contribution in [1.82, 2.24) is 4.90 Å². The highest BCUT2D eigenvalue weighted by Gasteiger charge is 2.41. The Morgan fingerprint density at radius 2 is 1.83 bits per heavy atom. The number of morpholine rings is 1. The summed E-state index contributed by atoms with van der Waals surface area (Å²) in [5.41, 5.74) is 0.334. The summed E-state index contributed by atoms with van der Waals surface area (Å²) in [5, 5.41) is 0. The minimum absolute atomic E-state index is 0.207. The fourth-order valence-corrected chi connectivity index (χ4v) is 4.13. The summed E-state index contributed by atoms with van der Waals surface area (Å²) in [6.45, 7) is 7.21. The number of carbonyl (C=O) groups excluding carboxylic acids is 2. The van der Waals surface area contributed by atoms with Crippen molar-refractivity contribution in [2.45, 2.75) is 43.5 Å². The predicted molar refractivity (Wildman–Crippen MR) is 97.9 cm³/mol. The molecule has 1 fully saturated rings. The van der Waals surface area contributed by atoms with Gasteiger partial charge < -0.3 is 9.53 Å². The first kappa shape index (κ1) is 19.2. The lowest BCUT2D eigenvalue weighted by Gasteiger charge is -2.43. The van der Waals surface area contributed by atoms with Crippen LogP contribution in [0.5, 0.6) is 0 Å². The molecule has 0 saturated carbocycles. The predicted octanol–water partition coefficient (Wildman–Crippen LogP) is 3.44. The van der Waals surface area contributed by atoms with Crippen molar-refractivity contribution >= 4 is 23.8 Å². The third-order valence-corrected chi connectivity index (χ3v) is 5.88. The first-order valence-corrected chi connectivity index (χ1v) is 9.70. The molecule has 0 aliphatic carbocycles. The van der Waals surface area contributed by atoms with E-state index in [0.717, 1.165) is 48.4 Å². The lowest BCUT2D eigenvalue weighted by Crippen LogP contribution is -2.57. The van der Waals surface area contributed by atoms with E-state index < -0.39 is 5.54 Å². The Morgan fingerprint density at radius 3 is 2.38 bits per heavy atom. The highest BCUT2D eigenvalue weighted by Crippen LogP contribution is 2.30. The SMILES string of the molecule is CCC(CC)(C(=O)c1ccc(SCCC=O)cc1)N1CCOCC1. The first-order valence-electron chi connectivity index (χ1n) is 8.72. The molecule has 1 aromatic carbocycles. The van der Waals surface area contributed by atoms with Crippen LogP contribution in [0.25, 0.3) is 0 Å². The zero-order valence-electron chi connectivity index (χ0n) is 14.6. The van der Waals surface area contributed by atoms with Crippen LogP contribution in [0.1, 0.15) is 43.5 Å². The van der Waals surface area contributed by atoms with Crippen LogP contribution >= 0.6 is 11.8 Å². The Labute approximate surface area is 148 Å². The van der Waals surface area contributed by atoms with E-state index in [4.69, 9.17) is 4.74 Å². The van der Waals surface area contributed by atoms with E-state index in [1.165, 1.54) is 0 Å². The molecule has 0 aromatic heterocycles. The number of Topliss-reactive ketones (excluding diaryl/α,β-unsaturated/α-hetero) is 1. The van der Waals surface area contributed by atoms with Gasteiger partial charge >= 0.3 is 0 Å². The maximum absolute atomic E-state index is 13.3. The van der Waals surface area contributed by atoms with Gasteiger partial charge in [-0.25, -0.2) is 0 Å². The summed E-state index contributed by atoms with van der Waals surface area (Å²) in [6, 6.07) is 7.81. The zero-order chi connectivity index (χ0) is 17.4. The molecule has 5 heteroatoms. The molecule has 0 N–H and O–H groups in total. The summed E-state index contributed by atoms with van der Waals surface area (Å²) in [7, 11) is 0. The van der Waals surface area contributed by atoms with Gasteiger partial charge in [0.1, 0.15) is 6.29 Å². The molecule has 0 amide bonds. The number of benzene rings is 1. The Kier molecular flexibility index (Phi) is 7.46. The molecule has 2 rings (SSSR count). The molecule has 4 nitrogen and oxygen atoms in total. The topological polar surface area (TPSA) is 46.6 Å². The summed E-state index contributed by atoms with van der Waals surface area (Å²) >= 11 is 1.64. The molecule has 1 saturated heterocycles. The summed E-state index contributed by atoms with van der Waals surface area (Å²) in [5.74, 6) is 0.983. The molecule has 0 radical (unpaired) electrons. The standard InChI is InChI=1S/C19H27NO3S/c1-3-19(4-2,20-10-13-23-14-11-20)18(22)16-6-8-17(9-7-16)24-15-5-12-21/h6-9,12H,3-5,10-11,13-15H2,1-2H3. The average molecular weight is 349 g/mol. The maximum Gasteiger partial charge on any atom is 0.183 e. The summed E-state index contributed by atoms with van der Waals surface area (Å²) < 4.78 is 5.45. The summed E-state index contributed by atoms with van der Waals surface area (Å²) in [4.78, 5) is 27.1. The monoisotopic (exact) mass is 349 g/mol. The number of rotatable bonds is 9. The Morgan fingerprint density at radius 1 is 1.21 bits per heavy atom. The molecular formula is C19H27NO3S. The van der Waals surface area contributed by atoms with Gasteiger partial charge in [-0.3, -0.25) is 9.69 Å². The molecular weight excluding hydrogens is 322 g/mol. The van der Waals surface area contributed by atoms with Crippen molar-refractivity contribution in [2.75, 3.05) is 32.1 Å². The van der Waals surface area contributed by atoms with Crippen LogP contribution in [-0.2, 0) is 9.53 Å². The molecule has 132 valence electrons. The largest absolute Gasteiger partial charge is 0.379 e. The van der Waals surface area contributed by atoms with Gasteiger partial charge in [-0.05, 0) is 25.0 Å². The number of hydrogen-bond donors (Lipinski definition) is 0. The summed E-state index contributed by atoms with van der Waals surface area (Å²) in [6.07, 6.45) is 3.09. The number of nitrogens with zero attached hydrogens (tertiary/aromatic N) is 1. The third kappa shape index (κ3) is 4.26. The molecule has 24 heavy (non-hydrogen) atoms. The van der Waals surface area contributed by atoms with Gasteiger partial charge in [0.2, 0.25) is 0 Å². The zero-order valence-corrected chi connectivity index (χ0v) is 15.4. The Balaban J connectivity index is 2.15. The minimum Gasteiger partial charge on any atom is -0.379 e. The lowest BCUT2D eigenvalue weighted by atomic mass is 9.82. The van der Waals surface area contributed by atoms with Crippen LogP contribution in [0.4, 0.5) is 0 Å². The molecule has 0 bridgehead atoms. The smallest absolute Gasteiger partial charge is 0.183 e. The third-order valence-electron chi connectivity index (χ3n) is 4.83. The minimum atomic E-state index is -0.435. The van der Waals surface area contributed by atoms with E-state index in [1.807, 2.05) is 24.3 Å². The molecule has 1 heterocycles. The first-order chi connectivity index (χ1) is 11.7. The molecule has 0 atom stereocenters. The lowest BCUT2D eigenvalue weighted by molar-refractivity contribution is -0.107. The van der Waals surface area contributed by atoms with E-state index >= 15 is 0 Å². The van der Waals surface area contributed by atoms with Gasteiger partial charge in [0.05, 0.1) is 18.8 Å². The van der Waals surface area contributed by atoms with Crippen molar-refractivity contribution in [3.8, 4) is 0 Å². The Bertz CT molecular complexity index is 534. The number of ether oxygens (including phenoxy) is 1. The molecule has 1 aliphatic heterocycles. The van der Waals surface area contributed by atoms with Crippen molar-refractivity contribution in [1.29, 1.82) is 0 Å². The van der Waals surface area contributed by atoms with E-state index in [9.17, 15) is 9.59 Å². The Hall–Kier alpha value is -1.17. The fraction of sp³-hybridized carbons (Fsp3) is 0.579. The molecule has 1 aromatic rings. The number of ketones is 1. The second-order valence-corrected chi connectivity index (χ2v) is 7.16. The highest BCUT2D eigenvalue weighted by atomic mass is 32.2. The van der Waals surface area contributed by atoms with Crippen LogP contribution in [0, 0.1) is 0 Å². The quantitative estimate of drug-likeness (QED) is 0.296. The van der Waals surface area contributed by atoms with Gasteiger partial charge in [-0.15, -0.1) is 11.8 Å². The molecule has 0 unspecified atom stereocenters. The van der Waals surface area contributed by atoms with Gasteiger partial charge in [-0.2, -0.15) is 0 Å². The van der Waals surface area contributed by atoms with Gasteiger partial charge in [-0.1, -0.05) is 26.0 Å². The second-order valence-electron chi connectivity index (χ2n) is 6.00. The van der Waals surface area contributed by atoms with E-state index in [1.54, 1.807) is 11.8 Å². The van der Waals surface area contributed by atoms with E-state index in [0.29, 0.717) is 19.6 Å². The van der Waals surface area contributed by atoms with Crippen LogP contribution in [0.2, 0.25) is 0 Å². The fourth-order valence-electron chi connectivity index (χ4n) is 3.35. The molecule has 0 spiro atoms. The maximum atomic E-state index is 13.3. The second kappa shape index (κ2) is 9.35. The van der Waals surface area contributed by atoms with Crippen molar-refractivity contribution in [3.63, 3.8) is 0 Å². The number of thioether (sulfide) groups is 1. The van der Waals surface area contributed by atoms with Crippen LogP contribution in [-0.4, -0.2) is 54.6 Å². The van der Waals surface area contributed by atoms with E-state index in [-0.39, 0.29) is 5.78 Å². The molecule has 1 aliphatic rings. The number of aldehydes is 1. The number of hydrogen-bond acceptors (Lipinski definition) is 5. The van der Waals surface area contributed by atoms with Crippen LogP contribution < -0.4 is 0 Å². The van der Waals surface area contributed by atoms with Crippen molar-refractivity contribution < 1.29 is 14.3 Å². The van der Waals surface area contributed by atoms with Crippen LogP contribution in [0.15, 0.2) is 29.2 Å². The number of carbonyl (C=O) groups is 2. The van der Waals surface area contributed by atoms with Crippen LogP contribution in [0.3, 0.4) is 0 Å². The van der Waals surface area contributed by atoms with Crippen molar-refractivity contribution in [3.05, 3.63) is 29.8 Å².